The van der Waals surface area contributed by atoms with Crippen molar-refractivity contribution in [2.24, 2.45) is 0 Å². The van der Waals surface area contributed by atoms with E-state index in [2.05, 4.69) is 28.7 Å². The highest BCUT2D eigenvalue weighted by Gasteiger charge is 2.06. The fraction of sp³-hybridized carbons (Fsp3) is 0.133. The zero-order chi connectivity index (χ0) is 13.8. The van der Waals surface area contributed by atoms with Crippen LogP contribution in [0, 0.1) is 3.57 Å². The van der Waals surface area contributed by atoms with E-state index in [1.54, 1.807) is 18.2 Å². The molecule has 0 fully saturated rings. The summed E-state index contributed by atoms with van der Waals surface area (Å²) in [5.74, 6) is 0.628. The van der Waals surface area contributed by atoms with Gasteiger partial charge in [-0.05, 0) is 59.3 Å². The molecular formula is C15H14INO2. The van der Waals surface area contributed by atoms with Crippen LogP contribution in [-0.2, 0) is 6.61 Å². The van der Waals surface area contributed by atoms with Crippen LogP contribution in [0.3, 0.4) is 0 Å². The fourth-order valence-corrected chi connectivity index (χ4v) is 2.35. The number of rotatable bonds is 4. The van der Waals surface area contributed by atoms with Crippen molar-refractivity contribution >= 4 is 34.1 Å². The van der Waals surface area contributed by atoms with Gasteiger partial charge in [0, 0.05) is 20.9 Å². The van der Waals surface area contributed by atoms with Gasteiger partial charge in [0.25, 0.3) is 0 Å². The van der Waals surface area contributed by atoms with E-state index in [4.69, 9.17) is 10.5 Å². The molecule has 0 spiro atoms. The lowest BCUT2D eigenvalue weighted by atomic mass is 10.1. The average Bonchev–Trinajstić information content (AvgIpc) is 2.36. The minimum absolute atomic E-state index is 0.0401. The van der Waals surface area contributed by atoms with Crippen molar-refractivity contribution in [3.05, 3.63) is 57.2 Å². The molecule has 4 heteroatoms. The van der Waals surface area contributed by atoms with Gasteiger partial charge in [-0.3, -0.25) is 4.79 Å². The second kappa shape index (κ2) is 6.06. The molecule has 0 saturated carbocycles. The lowest BCUT2D eigenvalue weighted by molar-refractivity contribution is 0.101. The molecule has 0 aliphatic carbocycles. The zero-order valence-corrected chi connectivity index (χ0v) is 12.7. The first-order valence-corrected chi connectivity index (χ1v) is 6.92. The molecule has 98 valence electrons. The summed E-state index contributed by atoms with van der Waals surface area (Å²) >= 11 is 2.26. The maximum absolute atomic E-state index is 11.3. The molecule has 19 heavy (non-hydrogen) atoms. The summed E-state index contributed by atoms with van der Waals surface area (Å²) in [6.45, 7) is 1.98. The Hall–Kier alpha value is -1.56. The number of carbonyl (C=O) groups excluding carboxylic acids is 1. The molecule has 0 saturated heterocycles. The molecule has 2 N–H and O–H groups in total. The number of ketones is 1. The van der Waals surface area contributed by atoms with Gasteiger partial charge < -0.3 is 10.5 Å². The predicted molar refractivity (Wildman–Crippen MR) is 84.3 cm³/mol. The van der Waals surface area contributed by atoms with Gasteiger partial charge in [0.15, 0.2) is 5.78 Å². The van der Waals surface area contributed by atoms with Crippen molar-refractivity contribution in [3.8, 4) is 5.75 Å². The summed E-state index contributed by atoms with van der Waals surface area (Å²) in [7, 11) is 0. The van der Waals surface area contributed by atoms with Gasteiger partial charge in [-0.1, -0.05) is 12.1 Å². The molecule has 0 amide bonds. The molecule has 0 aliphatic heterocycles. The van der Waals surface area contributed by atoms with E-state index in [9.17, 15) is 4.79 Å². The van der Waals surface area contributed by atoms with Crippen LogP contribution in [0.4, 0.5) is 5.69 Å². The van der Waals surface area contributed by atoms with Gasteiger partial charge in [-0.15, -0.1) is 0 Å². The van der Waals surface area contributed by atoms with E-state index in [1.165, 1.54) is 10.5 Å². The van der Waals surface area contributed by atoms with Crippen LogP contribution in [0.15, 0.2) is 42.5 Å². The SMILES string of the molecule is CC(=O)c1ccc(OCc2cccc(I)c2)cc1N. The molecule has 0 unspecified atom stereocenters. The molecule has 3 nitrogen and oxygen atoms in total. The molecule has 0 atom stereocenters. The van der Waals surface area contributed by atoms with Crippen LogP contribution >= 0.6 is 22.6 Å². The zero-order valence-electron chi connectivity index (χ0n) is 10.5. The lowest BCUT2D eigenvalue weighted by Crippen LogP contribution is -2.01. The van der Waals surface area contributed by atoms with E-state index in [-0.39, 0.29) is 5.78 Å². The maximum atomic E-state index is 11.3. The predicted octanol–water partition coefficient (Wildman–Crippen LogP) is 3.66. The van der Waals surface area contributed by atoms with Gasteiger partial charge in [0.1, 0.15) is 12.4 Å². The fourth-order valence-electron chi connectivity index (χ4n) is 1.74. The second-order valence-electron chi connectivity index (χ2n) is 4.22. The topological polar surface area (TPSA) is 52.3 Å². The minimum atomic E-state index is -0.0401. The van der Waals surface area contributed by atoms with Crippen molar-refractivity contribution in [1.29, 1.82) is 0 Å². The van der Waals surface area contributed by atoms with Crippen LogP contribution in [0.25, 0.3) is 0 Å². The van der Waals surface area contributed by atoms with Gasteiger partial charge in [0.05, 0.1) is 0 Å². The first-order chi connectivity index (χ1) is 9.06. The first-order valence-electron chi connectivity index (χ1n) is 5.84. The van der Waals surface area contributed by atoms with Crippen molar-refractivity contribution in [2.75, 3.05) is 5.73 Å². The Balaban J connectivity index is 2.08. The molecule has 2 aromatic carbocycles. The molecule has 0 heterocycles. The molecule has 0 radical (unpaired) electrons. The molecule has 0 aromatic heterocycles. The van der Waals surface area contributed by atoms with Gasteiger partial charge in [-0.2, -0.15) is 0 Å². The third kappa shape index (κ3) is 3.70. The molecule has 2 aromatic rings. The Bertz CT molecular complexity index is 611. The van der Waals surface area contributed by atoms with Crippen molar-refractivity contribution < 1.29 is 9.53 Å². The van der Waals surface area contributed by atoms with Crippen LogP contribution in [0.1, 0.15) is 22.8 Å². The summed E-state index contributed by atoms with van der Waals surface area (Å²) in [5.41, 5.74) is 7.89. The lowest BCUT2D eigenvalue weighted by Gasteiger charge is -2.09. The van der Waals surface area contributed by atoms with E-state index in [0.29, 0.717) is 23.6 Å². The largest absolute Gasteiger partial charge is 0.489 e. The Kier molecular flexibility index (Phi) is 4.42. The average molecular weight is 367 g/mol. The third-order valence-corrected chi connectivity index (χ3v) is 3.37. The minimum Gasteiger partial charge on any atom is -0.489 e. The number of nitrogen functional groups attached to an aromatic ring is 1. The quantitative estimate of drug-likeness (QED) is 0.510. The number of anilines is 1. The van der Waals surface area contributed by atoms with Crippen LogP contribution < -0.4 is 10.5 Å². The Morgan fingerprint density at radius 2 is 2.05 bits per heavy atom. The summed E-state index contributed by atoms with van der Waals surface area (Å²) in [5, 5.41) is 0. The van der Waals surface area contributed by atoms with Crippen molar-refractivity contribution in [3.63, 3.8) is 0 Å². The highest BCUT2D eigenvalue weighted by molar-refractivity contribution is 14.1. The summed E-state index contributed by atoms with van der Waals surface area (Å²) in [4.78, 5) is 11.3. The number of hydrogen-bond acceptors (Lipinski definition) is 3. The molecule has 0 bridgehead atoms. The normalized spacial score (nSPS) is 10.2. The third-order valence-electron chi connectivity index (χ3n) is 2.70. The smallest absolute Gasteiger partial charge is 0.161 e. The van der Waals surface area contributed by atoms with Gasteiger partial charge in [-0.25, -0.2) is 0 Å². The molecule has 0 aliphatic rings. The number of Topliss-reactive ketones (excluding diaryl/α,β-unsaturated/α-hetero) is 1. The van der Waals surface area contributed by atoms with E-state index in [1.807, 2.05) is 18.2 Å². The van der Waals surface area contributed by atoms with Crippen LogP contribution in [0.5, 0.6) is 5.75 Å². The maximum Gasteiger partial charge on any atom is 0.161 e. The Labute approximate surface area is 125 Å². The molecule has 2 rings (SSSR count). The number of halogens is 1. The van der Waals surface area contributed by atoms with Crippen molar-refractivity contribution in [1.82, 2.24) is 0 Å². The molecular weight excluding hydrogens is 353 g/mol. The standard InChI is InChI=1S/C15H14INO2/c1-10(18)14-6-5-13(8-15(14)17)19-9-11-3-2-4-12(16)7-11/h2-8H,9,17H2,1H3. The van der Waals surface area contributed by atoms with Crippen molar-refractivity contribution in [2.45, 2.75) is 13.5 Å². The Morgan fingerprint density at radius 1 is 1.26 bits per heavy atom. The number of ether oxygens (including phenoxy) is 1. The number of nitrogens with two attached hydrogens (primary N) is 1. The number of carbonyl (C=O) groups is 1. The summed E-state index contributed by atoms with van der Waals surface area (Å²) in [6, 6.07) is 13.2. The Morgan fingerprint density at radius 3 is 2.68 bits per heavy atom. The summed E-state index contributed by atoms with van der Waals surface area (Å²) in [6.07, 6.45) is 0. The second-order valence-corrected chi connectivity index (χ2v) is 5.47. The number of hydrogen-bond donors (Lipinski definition) is 1. The monoisotopic (exact) mass is 367 g/mol. The van der Waals surface area contributed by atoms with E-state index < -0.39 is 0 Å². The first kappa shape index (κ1) is 13.9. The van der Waals surface area contributed by atoms with Crippen LogP contribution in [0.2, 0.25) is 0 Å². The van der Waals surface area contributed by atoms with E-state index in [0.717, 1.165) is 5.56 Å². The van der Waals surface area contributed by atoms with Gasteiger partial charge >= 0.3 is 0 Å². The van der Waals surface area contributed by atoms with Gasteiger partial charge in [0.2, 0.25) is 0 Å². The van der Waals surface area contributed by atoms with E-state index >= 15 is 0 Å². The van der Waals surface area contributed by atoms with Crippen LogP contribution in [-0.4, -0.2) is 5.78 Å². The highest BCUT2D eigenvalue weighted by Crippen LogP contribution is 2.21. The summed E-state index contributed by atoms with van der Waals surface area (Å²) < 4.78 is 6.84. The highest BCUT2D eigenvalue weighted by atomic mass is 127. The number of benzene rings is 2.